The summed E-state index contributed by atoms with van der Waals surface area (Å²) in [6, 6.07) is 4.01. The van der Waals surface area contributed by atoms with Crippen LogP contribution in [0.15, 0.2) is 18.2 Å². The summed E-state index contributed by atoms with van der Waals surface area (Å²) >= 11 is 0. The standard InChI is InChI=1S/C26H31N5O7/c1-26(2,3)38-25(37)30-13-15(14-30)22(34)29-10-8-28(9-11-29)16-4-5-17-18(12-16)24(36)31(23(17)35)19-6-7-20(32)27-21(19)33/h4-5,12,15,19H,6-11,13-14H2,1-3H3,(H,27,32,33). The van der Waals surface area contributed by atoms with Crippen LogP contribution in [0, 0.1) is 5.92 Å². The Labute approximate surface area is 219 Å². The van der Waals surface area contributed by atoms with Crippen LogP contribution in [0.1, 0.15) is 54.3 Å². The van der Waals surface area contributed by atoms with Crippen molar-refractivity contribution in [1.29, 1.82) is 0 Å². The van der Waals surface area contributed by atoms with Crippen molar-refractivity contribution in [2.24, 2.45) is 5.92 Å². The molecule has 202 valence electrons. The second-order valence-electron chi connectivity index (χ2n) is 11.1. The van der Waals surface area contributed by atoms with Gasteiger partial charge in [0.15, 0.2) is 0 Å². The molecule has 0 bridgehead atoms. The SMILES string of the molecule is CC(C)(C)OC(=O)N1CC(C(=O)N2CCN(c3ccc4c(c3)C(=O)N(C3CCC(=O)NC3=O)C4=O)CC2)C1. The monoisotopic (exact) mass is 525 g/mol. The molecule has 1 N–H and O–H groups in total. The zero-order valence-electron chi connectivity index (χ0n) is 21.7. The second kappa shape index (κ2) is 9.41. The van der Waals surface area contributed by atoms with Crippen LogP contribution in [0.3, 0.4) is 0 Å². The minimum Gasteiger partial charge on any atom is -0.444 e. The number of benzene rings is 1. The molecule has 5 rings (SSSR count). The lowest BCUT2D eigenvalue weighted by Gasteiger charge is -2.43. The molecule has 3 saturated heterocycles. The summed E-state index contributed by atoms with van der Waals surface area (Å²) in [6.07, 6.45) is -0.236. The van der Waals surface area contributed by atoms with Crippen LogP contribution in [0.2, 0.25) is 0 Å². The highest BCUT2D eigenvalue weighted by Crippen LogP contribution is 2.31. The van der Waals surface area contributed by atoms with E-state index in [1.807, 2.05) is 4.90 Å². The quantitative estimate of drug-likeness (QED) is 0.567. The zero-order valence-corrected chi connectivity index (χ0v) is 21.7. The van der Waals surface area contributed by atoms with E-state index in [1.54, 1.807) is 43.9 Å². The maximum atomic E-state index is 13.1. The average Bonchev–Trinajstić information content (AvgIpc) is 3.06. The number of rotatable bonds is 3. The van der Waals surface area contributed by atoms with Gasteiger partial charge in [-0.1, -0.05) is 0 Å². The highest BCUT2D eigenvalue weighted by molar-refractivity contribution is 6.23. The molecule has 4 heterocycles. The largest absolute Gasteiger partial charge is 0.444 e. The topological polar surface area (TPSA) is 137 Å². The van der Waals surface area contributed by atoms with E-state index < -0.39 is 41.4 Å². The third-order valence-corrected chi connectivity index (χ3v) is 7.26. The van der Waals surface area contributed by atoms with E-state index in [0.717, 1.165) is 10.6 Å². The number of carbonyl (C=O) groups is 6. The molecule has 6 amide bonds. The van der Waals surface area contributed by atoms with Crippen LogP contribution in [0.4, 0.5) is 10.5 Å². The lowest BCUT2D eigenvalue weighted by molar-refractivity contribution is -0.141. The maximum Gasteiger partial charge on any atom is 0.410 e. The summed E-state index contributed by atoms with van der Waals surface area (Å²) in [5, 5.41) is 2.19. The smallest absolute Gasteiger partial charge is 0.410 e. The molecule has 1 aromatic rings. The van der Waals surface area contributed by atoms with E-state index in [2.05, 4.69) is 5.32 Å². The number of anilines is 1. The van der Waals surface area contributed by atoms with Gasteiger partial charge in [0.1, 0.15) is 11.6 Å². The molecule has 1 atom stereocenters. The first-order valence-corrected chi connectivity index (χ1v) is 12.8. The molecule has 4 aliphatic heterocycles. The van der Waals surface area contributed by atoms with Crippen molar-refractivity contribution in [3.8, 4) is 0 Å². The normalized spacial score (nSPS) is 22.3. The number of hydrogen-bond acceptors (Lipinski definition) is 8. The van der Waals surface area contributed by atoms with Gasteiger partial charge >= 0.3 is 6.09 Å². The Morgan fingerprint density at radius 2 is 1.58 bits per heavy atom. The summed E-state index contributed by atoms with van der Waals surface area (Å²) in [5.41, 5.74) is 0.632. The number of nitrogens with one attached hydrogen (secondary N) is 1. The Balaban J connectivity index is 1.17. The Kier molecular flexibility index (Phi) is 6.36. The van der Waals surface area contributed by atoms with Gasteiger partial charge in [-0.2, -0.15) is 0 Å². The fourth-order valence-electron chi connectivity index (χ4n) is 5.21. The highest BCUT2D eigenvalue weighted by Gasteiger charge is 2.45. The van der Waals surface area contributed by atoms with Gasteiger partial charge in [-0.25, -0.2) is 4.79 Å². The summed E-state index contributed by atoms with van der Waals surface area (Å²) < 4.78 is 5.35. The van der Waals surface area contributed by atoms with Crippen LogP contribution in [0.25, 0.3) is 0 Å². The van der Waals surface area contributed by atoms with E-state index >= 15 is 0 Å². The lowest BCUT2D eigenvalue weighted by atomic mass is 9.98. The summed E-state index contributed by atoms with van der Waals surface area (Å²) in [4.78, 5) is 81.2. The summed E-state index contributed by atoms with van der Waals surface area (Å²) in [7, 11) is 0. The van der Waals surface area contributed by atoms with E-state index in [0.29, 0.717) is 39.3 Å². The first-order valence-electron chi connectivity index (χ1n) is 12.8. The molecule has 12 heteroatoms. The molecule has 3 fully saturated rings. The number of nitrogens with zero attached hydrogens (tertiary/aromatic N) is 4. The van der Waals surface area contributed by atoms with Gasteiger partial charge in [0.25, 0.3) is 11.8 Å². The number of amides is 6. The highest BCUT2D eigenvalue weighted by atomic mass is 16.6. The molecule has 1 aromatic carbocycles. The van der Waals surface area contributed by atoms with E-state index in [4.69, 9.17) is 4.74 Å². The van der Waals surface area contributed by atoms with Crippen molar-refractivity contribution in [3.63, 3.8) is 0 Å². The molecule has 0 aromatic heterocycles. The van der Waals surface area contributed by atoms with Gasteiger partial charge in [0, 0.05) is 51.4 Å². The minimum absolute atomic E-state index is 0.0130. The van der Waals surface area contributed by atoms with E-state index in [-0.39, 0.29) is 35.8 Å². The molecular formula is C26H31N5O7. The number of hydrogen-bond donors (Lipinski definition) is 1. The van der Waals surface area contributed by atoms with Gasteiger partial charge in [-0.3, -0.25) is 34.2 Å². The number of piperidine rings is 1. The fourth-order valence-corrected chi connectivity index (χ4v) is 5.21. The molecule has 4 aliphatic rings. The predicted octanol–water partition coefficient (Wildman–Crippen LogP) is 0.603. The van der Waals surface area contributed by atoms with E-state index in [1.165, 1.54) is 4.90 Å². The minimum atomic E-state index is -1.00. The van der Waals surface area contributed by atoms with Crippen molar-refractivity contribution in [2.75, 3.05) is 44.2 Å². The molecule has 0 aliphatic carbocycles. The van der Waals surface area contributed by atoms with Crippen molar-refractivity contribution >= 4 is 41.3 Å². The Hall–Kier alpha value is -3.96. The molecule has 38 heavy (non-hydrogen) atoms. The molecule has 12 nitrogen and oxygen atoms in total. The van der Waals surface area contributed by atoms with Gasteiger partial charge in [-0.15, -0.1) is 0 Å². The van der Waals surface area contributed by atoms with Gasteiger partial charge in [0.05, 0.1) is 17.0 Å². The van der Waals surface area contributed by atoms with Crippen molar-refractivity contribution in [2.45, 2.75) is 45.3 Å². The van der Waals surface area contributed by atoms with Gasteiger partial charge < -0.3 is 19.4 Å². The second-order valence-corrected chi connectivity index (χ2v) is 11.1. The average molecular weight is 526 g/mol. The Bertz CT molecular complexity index is 1220. The maximum absolute atomic E-state index is 13.1. The van der Waals surface area contributed by atoms with Crippen molar-refractivity contribution < 1.29 is 33.5 Å². The molecule has 1 unspecified atom stereocenters. The Morgan fingerprint density at radius 1 is 0.921 bits per heavy atom. The fraction of sp³-hybridized carbons (Fsp3) is 0.538. The van der Waals surface area contributed by atoms with Crippen LogP contribution >= 0.6 is 0 Å². The zero-order chi connectivity index (χ0) is 27.4. The first kappa shape index (κ1) is 25.7. The lowest BCUT2D eigenvalue weighted by Crippen LogP contribution is -2.59. The molecule has 0 saturated carbocycles. The molecular weight excluding hydrogens is 494 g/mol. The van der Waals surface area contributed by atoms with Crippen LogP contribution in [-0.2, 0) is 19.1 Å². The summed E-state index contributed by atoms with van der Waals surface area (Å²) in [6.45, 7) is 8.18. The first-order chi connectivity index (χ1) is 17.9. The van der Waals surface area contributed by atoms with Crippen LogP contribution in [-0.4, -0.2) is 101 Å². The van der Waals surface area contributed by atoms with Crippen molar-refractivity contribution in [3.05, 3.63) is 29.3 Å². The number of imide groups is 2. The summed E-state index contributed by atoms with van der Waals surface area (Å²) in [5.74, 6) is -2.37. The predicted molar refractivity (Wildman–Crippen MR) is 133 cm³/mol. The number of carbonyl (C=O) groups excluding carboxylic acids is 6. The third kappa shape index (κ3) is 4.70. The number of fused-ring (bicyclic) bond motifs is 1. The van der Waals surface area contributed by atoms with Crippen LogP contribution in [0.5, 0.6) is 0 Å². The van der Waals surface area contributed by atoms with Gasteiger partial charge in [0.2, 0.25) is 17.7 Å². The Morgan fingerprint density at radius 3 is 2.21 bits per heavy atom. The van der Waals surface area contributed by atoms with Gasteiger partial charge in [-0.05, 0) is 45.4 Å². The molecule has 0 radical (unpaired) electrons. The number of ether oxygens (including phenoxy) is 1. The number of piperazine rings is 1. The third-order valence-electron chi connectivity index (χ3n) is 7.26. The number of likely N-dealkylation sites (tertiary alicyclic amines) is 1. The van der Waals surface area contributed by atoms with Crippen LogP contribution < -0.4 is 10.2 Å². The van der Waals surface area contributed by atoms with Crippen molar-refractivity contribution in [1.82, 2.24) is 20.0 Å². The van der Waals surface area contributed by atoms with E-state index in [9.17, 15) is 28.8 Å². The molecule has 0 spiro atoms.